The number of rotatable bonds is 3. The molecule has 2 aromatic rings. The van der Waals surface area contributed by atoms with Crippen LogP contribution in [0.3, 0.4) is 0 Å². The molecule has 1 saturated heterocycles. The monoisotopic (exact) mass is 322 g/mol. The van der Waals surface area contributed by atoms with Crippen molar-refractivity contribution in [2.75, 3.05) is 13.1 Å². The minimum atomic E-state index is -0.677. The van der Waals surface area contributed by atoms with Crippen molar-refractivity contribution < 1.29 is 9.90 Å². The number of halogens is 1. The van der Waals surface area contributed by atoms with Gasteiger partial charge in [-0.2, -0.15) is 0 Å². The molecule has 1 fully saturated rings. The molecule has 1 aromatic heterocycles. The third kappa shape index (κ3) is 2.53. The molecule has 2 heterocycles. The standard InChI is InChI=1S/C14H15BrN2O2/c15-11-1-2-13-12(5-11)10(6-16-13)8-17-4-3-9(7-17)14(18)19/h1-2,5-6,9,16H,3-4,7-8H2,(H,18,19). The number of carbonyl (C=O) groups is 1. The van der Waals surface area contributed by atoms with Crippen LogP contribution in [-0.2, 0) is 11.3 Å². The predicted octanol–water partition coefficient (Wildman–Crippen LogP) is 2.84. The van der Waals surface area contributed by atoms with Gasteiger partial charge in [0, 0.05) is 34.7 Å². The number of aromatic amines is 1. The van der Waals surface area contributed by atoms with Gasteiger partial charge >= 0.3 is 5.97 Å². The second-order valence-electron chi connectivity index (χ2n) is 5.06. The lowest BCUT2D eigenvalue weighted by Gasteiger charge is -2.14. The maximum atomic E-state index is 11.0. The first-order chi connectivity index (χ1) is 9.13. The van der Waals surface area contributed by atoms with Gasteiger partial charge in [0.15, 0.2) is 0 Å². The fourth-order valence-corrected chi connectivity index (χ4v) is 3.06. The van der Waals surface area contributed by atoms with E-state index in [1.54, 1.807) is 0 Å². The number of benzene rings is 1. The zero-order valence-corrected chi connectivity index (χ0v) is 12.0. The molecule has 0 saturated carbocycles. The van der Waals surface area contributed by atoms with Gasteiger partial charge in [0.05, 0.1) is 5.92 Å². The molecule has 0 amide bonds. The van der Waals surface area contributed by atoms with Crippen LogP contribution in [0.15, 0.2) is 28.9 Å². The lowest BCUT2D eigenvalue weighted by molar-refractivity contribution is -0.141. The van der Waals surface area contributed by atoms with E-state index in [4.69, 9.17) is 5.11 Å². The van der Waals surface area contributed by atoms with Crippen LogP contribution in [0.1, 0.15) is 12.0 Å². The number of H-pyrrole nitrogens is 1. The Labute approximate surface area is 119 Å². The van der Waals surface area contributed by atoms with Crippen LogP contribution >= 0.6 is 15.9 Å². The average molecular weight is 323 g/mol. The number of carboxylic acid groups (broad SMARTS) is 1. The molecule has 1 aliphatic heterocycles. The number of carboxylic acids is 1. The van der Waals surface area contributed by atoms with Crippen molar-refractivity contribution in [1.29, 1.82) is 0 Å². The van der Waals surface area contributed by atoms with E-state index in [-0.39, 0.29) is 5.92 Å². The third-order valence-electron chi connectivity index (χ3n) is 3.75. The molecule has 0 spiro atoms. The number of aliphatic carboxylic acids is 1. The molecule has 1 unspecified atom stereocenters. The summed E-state index contributed by atoms with van der Waals surface area (Å²) in [6.07, 6.45) is 2.77. The normalized spacial score (nSPS) is 20.2. The lowest BCUT2D eigenvalue weighted by atomic mass is 10.1. The van der Waals surface area contributed by atoms with Crippen LogP contribution in [0.25, 0.3) is 10.9 Å². The fourth-order valence-electron chi connectivity index (χ4n) is 2.70. The van der Waals surface area contributed by atoms with E-state index in [9.17, 15) is 4.79 Å². The van der Waals surface area contributed by atoms with Crippen molar-refractivity contribution in [3.05, 3.63) is 34.4 Å². The van der Waals surface area contributed by atoms with Crippen LogP contribution in [0.2, 0.25) is 0 Å². The van der Waals surface area contributed by atoms with E-state index >= 15 is 0 Å². The van der Waals surface area contributed by atoms with Crippen LogP contribution in [0.5, 0.6) is 0 Å². The van der Waals surface area contributed by atoms with Crippen molar-refractivity contribution >= 4 is 32.8 Å². The van der Waals surface area contributed by atoms with Gasteiger partial charge in [-0.1, -0.05) is 15.9 Å². The van der Waals surface area contributed by atoms with Gasteiger partial charge in [0.25, 0.3) is 0 Å². The highest BCUT2D eigenvalue weighted by Crippen LogP contribution is 2.26. The molecule has 100 valence electrons. The van der Waals surface area contributed by atoms with Gasteiger partial charge in [-0.3, -0.25) is 9.69 Å². The summed E-state index contributed by atoms with van der Waals surface area (Å²) in [7, 11) is 0. The summed E-state index contributed by atoms with van der Waals surface area (Å²) >= 11 is 3.49. The first kappa shape index (κ1) is 12.7. The minimum absolute atomic E-state index is 0.211. The SMILES string of the molecule is O=C(O)C1CCN(Cc2c[nH]c3ccc(Br)cc23)C1. The van der Waals surface area contributed by atoms with Crippen molar-refractivity contribution in [1.82, 2.24) is 9.88 Å². The topological polar surface area (TPSA) is 56.3 Å². The highest BCUT2D eigenvalue weighted by molar-refractivity contribution is 9.10. The summed E-state index contributed by atoms with van der Waals surface area (Å²) < 4.78 is 1.06. The zero-order chi connectivity index (χ0) is 13.4. The second-order valence-corrected chi connectivity index (χ2v) is 5.98. The molecule has 1 atom stereocenters. The van der Waals surface area contributed by atoms with Crippen LogP contribution in [0.4, 0.5) is 0 Å². The summed E-state index contributed by atoms with van der Waals surface area (Å²) in [6, 6.07) is 6.16. The predicted molar refractivity (Wildman–Crippen MR) is 77.0 cm³/mol. The van der Waals surface area contributed by atoms with Gasteiger partial charge < -0.3 is 10.1 Å². The fraction of sp³-hybridized carbons (Fsp3) is 0.357. The molecule has 5 heteroatoms. The maximum absolute atomic E-state index is 11.0. The van der Waals surface area contributed by atoms with E-state index in [1.165, 1.54) is 10.9 Å². The Kier molecular flexibility index (Phi) is 3.33. The van der Waals surface area contributed by atoms with Gasteiger partial charge in [0.2, 0.25) is 0 Å². The van der Waals surface area contributed by atoms with Gasteiger partial charge in [0.1, 0.15) is 0 Å². The molecule has 1 aromatic carbocycles. The van der Waals surface area contributed by atoms with Crippen LogP contribution in [-0.4, -0.2) is 34.0 Å². The molecule has 3 rings (SSSR count). The smallest absolute Gasteiger partial charge is 0.307 e. The Morgan fingerprint density at radius 2 is 2.37 bits per heavy atom. The number of nitrogens with one attached hydrogen (secondary N) is 1. The number of likely N-dealkylation sites (tertiary alicyclic amines) is 1. The van der Waals surface area contributed by atoms with Crippen molar-refractivity contribution in [2.45, 2.75) is 13.0 Å². The van der Waals surface area contributed by atoms with Gasteiger partial charge in [-0.25, -0.2) is 0 Å². The lowest BCUT2D eigenvalue weighted by Crippen LogP contribution is -2.22. The van der Waals surface area contributed by atoms with E-state index < -0.39 is 5.97 Å². The Hall–Kier alpha value is -1.33. The molecule has 0 aliphatic carbocycles. The molecule has 1 aliphatic rings. The Morgan fingerprint density at radius 3 is 3.11 bits per heavy atom. The van der Waals surface area contributed by atoms with E-state index in [0.717, 1.165) is 29.5 Å². The Bertz CT molecular complexity index is 623. The van der Waals surface area contributed by atoms with Crippen molar-refractivity contribution in [3.8, 4) is 0 Å². The first-order valence-electron chi connectivity index (χ1n) is 6.34. The number of aromatic nitrogens is 1. The Balaban J connectivity index is 1.79. The van der Waals surface area contributed by atoms with E-state index in [0.29, 0.717) is 6.54 Å². The molecular weight excluding hydrogens is 308 g/mol. The highest BCUT2D eigenvalue weighted by atomic mass is 79.9. The molecular formula is C14H15BrN2O2. The zero-order valence-electron chi connectivity index (χ0n) is 10.4. The van der Waals surface area contributed by atoms with Gasteiger partial charge in [-0.15, -0.1) is 0 Å². The molecule has 2 N–H and O–H groups in total. The van der Waals surface area contributed by atoms with Crippen molar-refractivity contribution in [2.24, 2.45) is 5.92 Å². The molecule has 4 nitrogen and oxygen atoms in total. The Morgan fingerprint density at radius 1 is 1.53 bits per heavy atom. The highest BCUT2D eigenvalue weighted by Gasteiger charge is 2.28. The van der Waals surface area contributed by atoms with Crippen LogP contribution in [0, 0.1) is 5.92 Å². The summed E-state index contributed by atoms with van der Waals surface area (Å²) in [5, 5.41) is 10.2. The quantitative estimate of drug-likeness (QED) is 0.913. The summed E-state index contributed by atoms with van der Waals surface area (Å²) in [5.41, 5.74) is 2.34. The largest absolute Gasteiger partial charge is 0.481 e. The number of hydrogen-bond donors (Lipinski definition) is 2. The first-order valence-corrected chi connectivity index (χ1v) is 7.13. The average Bonchev–Trinajstić information content (AvgIpc) is 2.98. The molecule has 19 heavy (non-hydrogen) atoms. The summed E-state index contributed by atoms with van der Waals surface area (Å²) in [4.78, 5) is 16.4. The number of hydrogen-bond acceptors (Lipinski definition) is 2. The summed E-state index contributed by atoms with van der Waals surface area (Å²) in [5.74, 6) is -0.888. The number of nitrogens with zero attached hydrogens (tertiary/aromatic N) is 1. The van der Waals surface area contributed by atoms with E-state index in [1.807, 2.05) is 18.3 Å². The van der Waals surface area contributed by atoms with Crippen molar-refractivity contribution in [3.63, 3.8) is 0 Å². The van der Waals surface area contributed by atoms with Gasteiger partial charge in [-0.05, 0) is 36.7 Å². The minimum Gasteiger partial charge on any atom is -0.481 e. The van der Waals surface area contributed by atoms with E-state index in [2.05, 4.69) is 31.9 Å². The second kappa shape index (κ2) is 4.98. The molecule has 0 radical (unpaired) electrons. The summed E-state index contributed by atoms with van der Waals surface area (Å²) in [6.45, 7) is 2.31. The number of fused-ring (bicyclic) bond motifs is 1. The maximum Gasteiger partial charge on any atom is 0.307 e. The molecule has 0 bridgehead atoms. The van der Waals surface area contributed by atoms with Crippen LogP contribution < -0.4 is 0 Å². The third-order valence-corrected chi connectivity index (χ3v) is 4.24.